The number of oxazole rings is 1. The maximum absolute atomic E-state index is 6.47. The maximum atomic E-state index is 6.47. The van der Waals surface area contributed by atoms with Gasteiger partial charge in [-0.1, -0.05) is 91.0 Å². The van der Waals surface area contributed by atoms with Crippen LogP contribution in [0.2, 0.25) is 0 Å². The summed E-state index contributed by atoms with van der Waals surface area (Å²) in [4.78, 5) is 7.21. The molecule has 4 nitrogen and oxygen atoms in total. The van der Waals surface area contributed by atoms with Gasteiger partial charge in [0.1, 0.15) is 16.7 Å². The summed E-state index contributed by atoms with van der Waals surface area (Å²) in [5.41, 5.74) is 9.55. The van der Waals surface area contributed by atoms with Crippen molar-refractivity contribution in [3.63, 3.8) is 0 Å². The van der Waals surface area contributed by atoms with Gasteiger partial charge in [0.25, 0.3) is 0 Å². The lowest BCUT2D eigenvalue weighted by Gasteiger charge is -2.28. The molecular weight excluding hydrogens is 609 g/mol. The molecule has 0 amide bonds. The second-order valence-corrected chi connectivity index (χ2v) is 13.0. The highest BCUT2D eigenvalue weighted by atomic mass is 32.1. The molecule has 0 bridgehead atoms. The predicted molar refractivity (Wildman–Crippen MR) is 200 cm³/mol. The Bertz CT molecular complexity index is 2790. The number of hydrogen-bond donors (Lipinski definition) is 0. The molecule has 0 radical (unpaired) electrons. The number of furan rings is 1. The monoisotopic (exact) mass is 634 g/mol. The average Bonchev–Trinajstić information content (AvgIpc) is 3.85. The van der Waals surface area contributed by atoms with Crippen molar-refractivity contribution in [1.82, 2.24) is 4.98 Å². The van der Waals surface area contributed by atoms with E-state index in [9.17, 15) is 0 Å². The molecule has 0 aliphatic rings. The van der Waals surface area contributed by atoms with Crippen molar-refractivity contribution in [2.75, 3.05) is 4.90 Å². The third kappa shape index (κ3) is 4.25. The molecule has 0 aliphatic heterocycles. The Morgan fingerprint density at radius 3 is 2.06 bits per heavy atom. The van der Waals surface area contributed by atoms with Crippen LogP contribution in [0.25, 0.3) is 75.8 Å². The quantitative estimate of drug-likeness (QED) is 0.189. The van der Waals surface area contributed by atoms with Crippen molar-refractivity contribution < 1.29 is 8.83 Å². The van der Waals surface area contributed by atoms with E-state index in [1.807, 2.05) is 53.8 Å². The summed E-state index contributed by atoms with van der Waals surface area (Å²) in [5, 5.41) is 4.47. The fourth-order valence-corrected chi connectivity index (χ4v) is 8.03. The van der Waals surface area contributed by atoms with Gasteiger partial charge >= 0.3 is 0 Å². The van der Waals surface area contributed by atoms with E-state index in [0.717, 1.165) is 66.8 Å². The van der Waals surface area contributed by atoms with Crippen LogP contribution in [0.5, 0.6) is 0 Å². The van der Waals surface area contributed by atoms with Crippen LogP contribution in [0.3, 0.4) is 0 Å². The molecule has 10 rings (SSSR count). The van der Waals surface area contributed by atoms with E-state index in [1.54, 1.807) is 0 Å². The number of thiophene rings is 1. The molecule has 48 heavy (non-hydrogen) atoms. The fraction of sp³-hybridized carbons (Fsp3) is 0. The van der Waals surface area contributed by atoms with E-state index in [0.29, 0.717) is 5.89 Å². The average molecular weight is 635 g/mol. The number of hydrogen-bond acceptors (Lipinski definition) is 5. The van der Waals surface area contributed by atoms with Gasteiger partial charge in [-0.3, -0.25) is 0 Å². The summed E-state index contributed by atoms with van der Waals surface area (Å²) in [5.74, 6) is 0.596. The SMILES string of the molecule is c1ccc(-c2nc3ccc4oc5ccc(N(c6ccc7c(c6)sc6ccccc67)c6ccccc6-c6ccccc6)cc5c4c3o2)cc1. The van der Waals surface area contributed by atoms with E-state index in [-0.39, 0.29) is 0 Å². The fourth-order valence-electron chi connectivity index (χ4n) is 6.89. The number of aromatic nitrogens is 1. The second-order valence-electron chi connectivity index (χ2n) is 12.0. The molecule has 226 valence electrons. The third-order valence-corrected chi connectivity index (χ3v) is 10.2. The van der Waals surface area contributed by atoms with Crippen LogP contribution in [-0.2, 0) is 0 Å². The first kappa shape index (κ1) is 27.0. The van der Waals surface area contributed by atoms with Crippen LogP contribution in [-0.4, -0.2) is 4.98 Å². The predicted octanol–water partition coefficient (Wildman–Crippen LogP) is 12.9. The molecule has 0 saturated heterocycles. The van der Waals surface area contributed by atoms with Crippen molar-refractivity contribution >= 4 is 81.6 Å². The van der Waals surface area contributed by atoms with E-state index in [4.69, 9.17) is 13.8 Å². The van der Waals surface area contributed by atoms with Gasteiger partial charge in [-0.25, -0.2) is 4.98 Å². The van der Waals surface area contributed by atoms with E-state index in [2.05, 4.69) is 120 Å². The van der Waals surface area contributed by atoms with Gasteiger partial charge in [0, 0.05) is 48.1 Å². The van der Waals surface area contributed by atoms with E-state index in [1.165, 1.54) is 20.2 Å². The Hall–Kier alpha value is -6.17. The first-order valence-electron chi connectivity index (χ1n) is 16.0. The molecule has 0 spiro atoms. The summed E-state index contributed by atoms with van der Waals surface area (Å²) in [6, 6.07) is 55.1. The molecule has 0 aliphatic carbocycles. The first-order chi connectivity index (χ1) is 23.8. The highest BCUT2D eigenvalue weighted by molar-refractivity contribution is 7.25. The van der Waals surface area contributed by atoms with Gasteiger partial charge in [-0.2, -0.15) is 0 Å². The molecule has 7 aromatic carbocycles. The topological polar surface area (TPSA) is 42.4 Å². The van der Waals surface area contributed by atoms with Gasteiger partial charge in [0.15, 0.2) is 5.58 Å². The van der Waals surface area contributed by atoms with Crippen LogP contribution in [0.15, 0.2) is 167 Å². The van der Waals surface area contributed by atoms with Crippen molar-refractivity contribution in [2.45, 2.75) is 0 Å². The minimum absolute atomic E-state index is 0.596. The van der Waals surface area contributed by atoms with Crippen LogP contribution in [0.4, 0.5) is 17.1 Å². The summed E-state index contributed by atoms with van der Waals surface area (Å²) >= 11 is 1.83. The van der Waals surface area contributed by atoms with Gasteiger partial charge < -0.3 is 13.7 Å². The smallest absolute Gasteiger partial charge is 0.227 e. The molecule has 0 fully saturated rings. The highest BCUT2D eigenvalue weighted by Gasteiger charge is 2.22. The standard InChI is InChI=1S/C43H26N2O2S/c1-3-11-27(12-4-1)31-15-7-9-17-36(31)45(30-19-21-33-32-16-8-10-18-39(32)48-40(33)26-30)29-20-23-37-34(25-29)41-38(46-37)24-22-35-42(41)47-43(44-35)28-13-5-2-6-14-28/h1-26H. The Kier molecular flexibility index (Phi) is 6.01. The zero-order valence-corrected chi connectivity index (χ0v) is 26.4. The molecule has 3 aromatic heterocycles. The summed E-state index contributed by atoms with van der Waals surface area (Å²) in [6.45, 7) is 0. The molecule has 0 saturated carbocycles. The number of para-hydroxylation sites is 1. The maximum Gasteiger partial charge on any atom is 0.227 e. The van der Waals surface area contributed by atoms with E-state index >= 15 is 0 Å². The molecular formula is C43H26N2O2S. The van der Waals surface area contributed by atoms with Crippen molar-refractivity contribution in [3.8, 4) is 22.6 Å². The Balaban J connectivity index is 1.22. The van der Waals surface area contributed by atoms with Gasteiger partial charge in [0.05, 0.1) is 11.1 Å². The highest BCUT2D eigenvalue weighted by Crippen LogP contribution is 2.45. The lowest BCUT2D eigenvalue weighted by Crippen LogP contribution is -2.11. The van der Waals surface area contributed by atoms with Crippen molar-refractivity contribution in [3.05, 3.63) is 158 Å². The number of benzene rings is 7. The molecule has 0 unspecified atom stereocenters. The number of fused-ring (bicyclic) bond motifs is 8. The molecule has 5 heteroatoms. The van der Waals surface area contributed by atoms with Crippen LogP contribution in [0, 0.1) is 0 Å². The third-order valence-electron chi connectivity index (χ3n) is 9.10. The minimum atomic E-state index is 0.596. The van der Waals surface area contributed by atoms with Crippen molar-refractivity contribution in [2.24, 2.45) is 0 Å². The lowest BCUT2D eigenvalue weighted by molar-refractivity contribution is 0.622. The first-order valence-corrected chi connectivity index (χ1v) is 16.8. The zero-order chi connectivity index (χ0) is 31.6. The number of nitrogens with zero attached hydrogens (tertiary/aromatic N) is 2. The molecule has 0 N–H and O–H groups in total. The summed E-state index contributed by atoms with van der Waals surface area (Å²) < 4.78 is 15.4. The van der Waals surface area contributed by atoms with Crippen LogP contribution in [0.1, 0.15) is 0 Å². The van der Waals surface area contributed by atoms with E-state index < -0.39 is 0 Å². The largest absolute Gasteiger partial charge is 0.456 e. The molecule has 10 aromatic rings. The minimum Gasteiger partial charge on any atom is -0.456 e. The second kappa shape index (κ2) is 10.7. The van der Waals surface area contributed by atoms with Gasteiger partial charge in [-0.15, -0.1) is 11.3 Å². The van der Waals surface area contributed by atoms with Crippen LogP contribution >= 0.6 is 11.3 Å². The lowest BCUT2D eigenvalue weighted by atomic mass is 10.0. The van der Waals surface area contributed by atoms with Gasteiger partial charge in [-0.05, 0) is 72.3 Å². The molecule has 3 heterocycles. The number of anilines is 3. The summed E-state index contributed by atoms with van der Waals surface area (Å²) in [6.07, 6.45) is 0. The zero-order valence-electron chi connectivity index (χ0n) is 25.6. The van der Waals surface area contributed by atoms with Crippen LogP contribution < -0.4 is 4.90 Å². The van der Waals surface area contributed by atoms with Gasteiger partial charge in [0.2, 0.25) is 5.89 Å². The Morgan fingerprint density at radius 2 is 1.19 bits per heavy atom. The number of rotatable bonds is 5. The Morgan fingerprint density at radius 1 is 0.500 bits per heavy atom. The normalized spacial score (nSPS) is 11.8. The Labute approximate surface area is 279 Å². The van der Waals surface area contributed by atoms with Crippen molar-refractivity contribution in [1.29, 1.82) is 0 Å². The summed E-state index contributed by atoms with van der Waals surface area (Å²) in [7, 11) is 0. The molecule has 0 atom stereocenters.